The summed E-state index contributed by atoms with van der Waals surface area (Å²) in [5.41, 5.74) is 4.00. The quantitative estimate of drug-likeness (QED) is 0.276. The van der Waals surface area contributed by atoms with Crippen molar-refractivity contribution in [3.05, 3.63) is 22.8 Å². The summed E-state index contributed by atoms with van der Waals surface area (Å²) in [5, 5.41) is 36.3. The molecule has 2 fully saturated rings. The minimum atomic E-state index is -2.71. The van der Waals surface area contributed by atoms with Crippen LogP contribution in [0.2, 0.25) is 0 Å². The van der Waals surface area contributed by atoms with Gasteiger partial charge in [-0.1, -0.05) is 0 Å². The van der Waals surface area contributed by atoms with Crippen molar-refractivity contribution in [2.24, 2.45) is 29.4 Å². The molecule has 1 aromatic rings. The number of Topliss-reactive ketones (excluding diaryl/α,β-unsaturated/α-hetero) is 3. The van der Waals surface area contributed by atoms with E-state index < -0.39 is 64.7 Å². The zero-order chi connectivity index (χ0) is 28.4. The smallest absolute Gasteiger partial charge is 0.230 e. The normalized spacial score (nSPS) is 32.4. The highest BCUT2D eigenvalue weighted by Crippen LogP contribution is 2.52. The Morgan fingerprint density at radius 1 is 1.16 bits per heavy atom. The summed E-state index contributed by atoms with van der Waals surface area (Å²) in [6, 6.07) is 0.713. The van der Waals surface area contributed by atoms with Crippen LogP contribution in [0.1, 0.15) is 34.8 Å². The number of nitrogens with one attached hydrogen (secondary N) is 1. The van der Waals surface area contributed by atoms with Crippen molar-refractivity contribution in [2.75, 3.05) is 33.1 Å². The topological polar surface area (TPSA) is 191 Å². The van der Waals surface area contributed by atoms with Crippen LogP contribution in [0.15, 0.2) is 6.07 Å². The molecule has 0 aliphatic heterocycles. The first-order valence-electron chi connectivity index (χ1n) is 12.4. The van der Waals surface area contributed by atoms with Crippen LogP contribution in [0.4, 0.5) is 5.69 Å². The van der Waals surface area contributed by atoms with Crippen LogP contribution in [0, 0.1) is 23.7 Å². The number of carbonyl (C=O) groups is 5. The van der Waals surface area contributed by atoms with E-state index in [1.165, 1.54) is 6.92 Å². The van der Waals surface area contributed by atoms with E-state index in [0.717, 1.165) is 0 Å². The third-order valence-corrected chi connectivity index (χ3v) is 8.36. The first-order valence-corrected chi connectivity index (χ1v) is 12.4. The first kappa shape index (κ1) is 27.7. The van der Waals surface area contributed by atoms with Gasteiger partial charge in [-0.2, -0.15) is 0 Å². The number of hydrogen-bond acceptors (Lipinski definition) is 10. The van der Waals surface area contributed by atoms with E-state index in [9.17, 15) is 39.3 Å². The average molecular weight is 531 g/mol. The van der Waals surface area contributed by atoms with Crippen molar-refractivity contribution in [1.82, 2.24) is 10.2 Å². The Bertz CT molecular complexity index is 1240. The summed E-state index contributed by atoms with van der Waals surface area (Å²) in [4.78, 5) is 68.1. The third kappa shape index (κ3) is 3.89. The Kier molecular flexibility index (Phi) is 6.87. The predicted octanol–water partition coefficient (Wildman–Crippen LogP) is -1.64. The van der Waals surface area contributed by atoms with Crippen LogP contribution in [-0.4, -0.2) is 95.3 Å². The summed E-state index contributed by atoms with van der Waals surface area (Å²) < 4.78 is 0. The van der Waals surface area contributed by atoms with Crippen molar-refractivity contribution in [2.45, 2.75) is 44.1 Å². The third-order valence-electron chi connectivity index (χ3n) is 8.36. The second-order valence-corrected chi connectivity index (χ2v) is 11.0. The highest BCUT2D eigenvalue weighted by Gasteiger charge is 2.69. The number of fused-ring (bicyclic) bond motifs is 3. The number of aliphatic hydroxyl groups is 2. The Labute approximate surface area is 219 Å². The van der Waals surface area contributed by atoms with E-state index >= 15 is 0 Å². The van der Waals surface area contributed by atoms with E-state index in [1.807, 2.05) is 0 Å². The molecule has 0 saturated heterocycles. The molecule has 0 bridgehead atoms. The number of anilines is 1. The van der Waals surface area contributed by atoms with Gasteiger partial charge in [-0.05, 0) is 44.5 Å². The molecule has 3 aliphatic rings. The lowest BCUT2D eigenvalue weighted by molar-refractivity contribution is -0.190. The molecule has 3 aliphatic carbocycles. The number of phenols is 1. The largest absolute Gasteiger partial charge is 0.507 e. The summed E-state index contributed by atoms with van der Waals surface area (Å²) in [7, 11) is 6.72. The monoisotopic (exact) mass is 530 g/mol. The number of nitrogens with two attached hydrogens (primary N) is 1. The first-order chi connectivity index (χ1) is 17.6. The van der Waals surface area contributed by atoms with Gasteiger partial charge in [0, 0.05) is 50.8 Å². The van der Waals surface area contributed by atoms with E-state index in [1.54, 1.807) is 44.1 Å². The van der Waals surface area contributed by atoms with Gasteiger partial charge in [0.1, 0.15) is 11.7 Å². The Morgan fingerprint density at radius 2 is 1.79 bits per heavy atom. The molecule has 0 heterocycles. The number of rotatable bonds is 5. The number of hydrogen-bond donors (Lipinski definition) is 5. The maximum absolute atomic E-state index is 13.9. The Balaban J connectivity index is 1.87. The molecule has 1 aromatic carbocycles. The standard InChI is InChI=1S/C26H34N4O8/c1-10(31)28-9-12-8-15(29(2)3)13-6-11-7-14-19(30(4)5)22(34)18(25(27)37)24(36)26(14,38)23(35)16(11)21(33)17(13)20(12)32/h8,11,14,16,18-19,22,32,34,38H,6-7,9H2,1-5H3,(H2,27,37)(H,28,31)/t11-,14-,16?,18?,19-,22?,26-/m1/s1. The number of phenolic OH excluding ortho intramolecular Hbond substituents is 1. The van der Waals surface area contributed by atoms with E-state index in [2.05, 4.69) is 5.32 Å². The molecule has 0 spiro atoms. The van der Waals surface area contributed by atoms with Gasteiger partial charge < -0.3 is 36.2 Å². The molecule has 7 atom stereocenters. The number of carbonyl (C=O) groups excluding carboxylic acids is 5. The van der Waals surface area contributed by atoms with Gasteiger partial charge in [-0.15, -0.1) is 0 Å². The summed E-state index contributed by atoms with van der Waals surface area (Å²) in [6.07, 6.45) is -1.32. The Hall–Kier alpha value is -3.35. The van der Waals surface area contributed by atoms with Gasteiger partial charge >= 0.3 is 0 Å². The highest BCUT2D eigenvalue weighted by molar-refractivity contribution is 6.25. The van der Waals surface area contributed by atoms with Crippen molar-refractivity contribution in [3.63, 3.8) is 0 Å². The van der Waals surface area contributed by atoms with Crippen molar-refractivity contribution in [1.29, 1.82) is 0 Å². The predicted molar refractivity (Wildman–Crippen MR) is 134 cm³/mol. The van der Waals surface area contributed by atoms with E-state index in [0.29, 0.717) is 11.3 Å². The zero-order valence-electron chi connectivity index (χ0n) is 22.0. The number of benzene rings is 1. The van der Waals surface area contributed by atoms with Crippen LogP contribution in [0.5, 0.6) is 5.75 Å². The Morgan fingerprint density at radius 3 is 2.32 bits per heavy atom. The maximum Gasteiger partial charge on any atom is 0.230 e. The zero-order valence-corrected chi connectivity index (χ0v) is 22.0. The average Bonchev–Trinajstić information content (AvgIpc) is 2.80. The lowest BCUT2D eigenvalue weighted by Gasteiger charge is -2.55. The molecule has 12 nitrogen and oxygen atoms in total. The number of nitrogens with zero attached hydrogens (tertiary/aromatic N) is 2. The van der Waals surface area contributed by atoms with E-state index in [-0.39, 0.29) is 42.2 Å². The van der Waals surface area contributed by atoms with Gasteiger partial charge in [-0.25, -0.2) is 0 Å². The minimum Gasteiger partial charge on any atom is -0.507 e. The van der Waals surface area contributed by atoms with Gasteiger partial charge in [0.25, 0.3) is 0 Å². The molecule has 4 rings (SSSR count). The molecule has 0 aromatic heterocycles. The fourth-order valence-corrected chi connectivity index (χ4v) is 6.68. The van der Waals surface area contributed by atoms with Crippen molar-refractivity contribution in [3.8, 4) is 5.75 Å². The van der Waals surface area contributed by atoms with Crippen LogP contribution < -0.4 is 16.0 Å². The van der Waals surface area contributed by atoms with Crippen LogP contribution in [0.3, 0.4) is 0 Å². The lowest BCUT2D eigenvalue weighted by atomic mass is 9.52. The van der Waals surface area contributed by atoms with Crippen molar-refractivity contribution >= 4 is 34.9 Å². The van der Waals surface area contributed by atoms with Gasteiger partial charge in [0.05, 0.1) is 17.6 Å². The molecular weight excluding hydrogens is 496 g/mol. The van der Waals surface area contributed by atoms with Gasteiger partial charge in [-0.3, -0.25) is 24.0 Å². The number of primary amides is 1. The summed E-state index contributed by atoms with van der Waals surface area (Å²) in [6.45, 7) is 1.26. The van der Waals surface area contributed by atoms with Crippen LogP contribution in [-0.2, 0) is 32.1 Å². The number of amides is 2. The second-order valence-electron chi connectivity index (χ2n) is 11.0. The second kappa shape index (κ2) is 9.44. The molecule has 2 saturated carbocycles. The fraction of sp³-hybridized carbons (Fsp3) is 0.577. The molecule has 38 heavy (non-hydrogen) atoms. The molecule has 12 heteroatoms. The van der Waals surface area contributed by atoms with Crippen LogP contribution >= 0.6 is 0 Å². The molecule has 0 radical (unpaired) electrons. The van der Waals surface area contributed by atoms with E-state index in [4.69, 9.17) is 5.73 Å². The highest BCUT2D eigenvalue weighted by atomic mass is 16.3. The maximum atomic E-state index is 13.9. The minimum absolute atomic E-state index is 0.0382. The molecule has 6 N–H and O–H groups in total. The van der Waals surface area contributed by atoms with Crippen molar-refractivity contribution < 1.29 is 39.3 Å². The van der Waals surface area contributed by atoms with Gasteiger partial charge in [0.15, 0.2) is 23.0 Å². The van der Waals surface area contributed by atoms with Gasteiger partial charge in [0.2, 0.25) is 11.8 Å². The number of aliphatic hydroxyl groups excluding tert-OH is 1. The molecule has 206 valence electrons. The lowest BCUT2D eigenvalue weighted by Crippen LogP contribution is -2.75. The fourth-order valence-electron chi connectivity index (χ4n) is 6.68. The number of ketones is 3. The number of aromatic hydroxyl groups is 1. The molecule has 2 amide bonds. The van der Waals surface area contributed by atoms with Crippen LogP contribution in [0.25, 0.3) is 0 Å². The number of likely N-dealkylation sites (N-methyl/N-ethyl adjacent to an activating group) is 1. The summed E-state index contributed by atoms with van der Waals surface area (Å²) in [5.74, 6) is -9.88. The SMILES string of the molecule is CC(=O)NCc1cc(N(C)C)c2c(c1O)C(=O)C1C(=O)[C@@]3(O)C(=O)C(C(N)=O)C(O)[C@H](N(C)C)[C@H]3C[C@H]1C2. The molecule has 3 unspecified atom stereocenters. The summed E-state index contributed by atoms with van der Waals surface area (Å²) >= 11 is 0. The molecular formula is C26H34N4O8.